The van der Waals surface area contributed by atoms with Crippen molar-refractivity contribution in [2.24, 2.45) is 0 Å². The van der Waals surface area contributed by atoms with Crippen LogP contribution in [0.25, 0.3) is 10.9 Å². The molecule has 0 aliphatic carbocycles. The average Bonchev–Trinajstić information content (AvgIpc) is 2.87. The summed E-state index contributed by atoms with van der Waals surface area (Å²) in [7, 11) is 2.23. The molecular formula is C22H27ClN2. The van der Waals surface area contributed by atoms with E-state index >= 15 is 0 Å². The lowest BCUT2D eigenvalue weighted by molar-refractivity contribution is 0.309. The van der Waals surface area contributed by atoms with Crippen LogP contribution in [0.3, 0.4) is 0 Å². The molecule has 2 aromatic carbocycles. The van der Waals surface area contributed by atoms with Crippen molar-refractivity contribution in [2.75, 3.05) is 13.6 Å². The summed E-state index contributed by atoms with van der Waals surface area (Å²) in [5.74, 6) is 0. The highest BCUT2D eigenvalue weighted by Crippen LogP contribution is 2.31. The fraction of sp³-hybridized carbons (Fsp3) is 0.364. The van der Waals surface area contributed by atoms with Crippen LogP contribution in [0.5, 0.6) is 0 Å². The zero-order valence-corrected chi connectivity index (χ0v) is 16.2. The number of benzene rings is 2. The molecule has 3 aromatic rings. The number of hydrogen-bond acceptors (Lipinski definition) is 1. The monoisotopic (exact) mass is 354 g/mol. The lowest BCUT2D eigenvalue weighted by atomic mass is 10.0. The van der Waals surface area contributed by atoms with Gasteiger partial charge < -0.3 is 9.47 Å². The summed E-state index contributed by atoms with van der Waals surface area (Å²) in [6.07, 6.45) is 2.26. The summed E-state index contributed by atoms with van der Waals surface area (Å²) in [4.78, 5) is 2.44. The third-order valence-corrected chi connectivity index (χ3v) is 5.35. The van der Waals surface area contributed by atoms with Crippen LogP contribution in [0.15, 0.2) is 42.5 Å². The van der Waals surface area contributed by atoms with E-state index in [4.69, 9.17) is 0 Å². The van der Waals surface area contributed by atoms with E-state index in [2.05, 4.69) is 72.8 Å². The van der Waals surface area contributed by atoms with Crippen LogP contribution < -0.4 is 0 Å². The van der Waals surface area contributed by atoms with Gasteiger partial charge in [-0.3, -0.25) is 0 Å². The van der Waals surface area contributed by atoms with E-state index in [9.17, 15) is 0 Å². The Bertz CT molecular complexity index is 877. The fourth-order valence-corrected chi connectivity index (χ4v) is 3.95. The third kappa shape index (κ3) is 3.47. The van der Waals surface area contributed by atoms with E-state index in [-0.39, 0.29) is 12.4 Å². The third-order valence-electron chi connectivity index (χ3n) is 5.35. The first kappa shape index (κ1) is 18.0. The van der Waals surface area contributed by atoms with Gasteiger partial charge in [-0.05, 0) is 50.6 Å². The van der Waals surface area contributed by atoms with Gasteiger partial charge in [0.1, 0.15) is 0 Å². The van der Waals surface area contributed by atoms with E-state index in [1.165, 1.54) is 27.6 Å². The summed E-state index contributed by atoms with van der Waals surface area (Å²) in [5.41, 5.74) is 8.63. The molecule has 132 valence electrons. The molecule has 1 aliphatic rings. The van der Waals surface area contributed by atoms with E-state index in [0.717, 1.165) is 32.5 Å². The Kier molecular flexibility index (Phi) is 5.21. The van der Waals surface area contributed by atoms with E-state index < -0.39 is 0 Å². The van der Waals surface area contributed by atoms with Crippen LogP contribution in [0, 0.1) is 13.8 Å². The highest BCUT2D eigenvalue weighted by atomic mass is 35.5. The predicted molar refractivity (Wildman–Crippen MR) is 109 cm³/mol. The molecular weight excluding hydrogens is 328 g/mol. The molecule has 0 fully saturated rings. The number of aryl methyl sites for hydroxylation is 4. The average molecular weight is 355 g/mol. The summed E-state index contributed by atoms with van der Waals surface area (Å²) in [6, 6.07) is 15.9. The lowest BCUT2D eigenvalue weighted by Gasteiger charge is -2.24. The summed E-state index contributed by atoms with van der Waals surface area (Å²) >= 11 is 0. The Hall–Kier alpha value is -1.77. The predicted octanol–water partition coefficient (Wildman–Crippen LogP) is 4.91. The molecule has 0 radical (unpaired) electrons. The smallest absolute Gasteiger partial charge is 0.0486 e. The second-order valence-corrected chi connectivity index (χ2v) is 7.32. The molecule has 1 aliphatic heterocycles. The highest BCUT2D eigenvalue weighted by Gasteiger charge is 2.22. The van der Waals surface area contributed by atoms with Gasteiger partial charge >= 0.3 is 0 Å². The van der Waals surface area contributed by atoms with Gasteiger partial charge in [0.2, 0.25) is 0 Å². The maximum absolute atomic E-state index is 2.58. The fourth-order valence-electron chi connectivity index (χ4n) is 3.95. The maximum atomic E-state index is 2.58. The second kappa shape index (κ2) is 7.23. The number of rotatable bonds is 3. The zero-order valence-electron chi connectivity index (χ0n) is 15.4. The molecule has 0 bridgehead atoms. The standard InChI is InChI=1S/C22H26N2.ClH/c1-16-4-7-18(8-5-16)10-13-24-21-9-6-17(2)14-19(21)20-15-23(3)12-11-22(20)24;/h4-9,14H,10-13,15H2,1-3H3;1H. The lowest BCUT2D eigenvalue weighted by Crippen LogP contribution is -2.27. The van der Waals surface area contributed by atoms with Crippen molar-refractivity contribution in [3.63, 3.8) is 0 Å². The molecule has 0 amide bonds. The van der Waals surface area contributed by atoms with Gasteiger partial charge in [0.05, 0.1) is 0 Å². The minimum atomic E-state index is 0. The number of nitrogens with zero attached hydrogens (tertiary/aromatic N) is 2. The SMILES string of the molecule is Cc1ccc(CCn2c3c(c4cc(C)ccc42)CN(C)CC3)cc1.Cl. The van der Waals surface area contributed by atoms with Gasteiger partial charge in [0.25, 0.3) is 0 Å². The topological polar surface area (TPSA) is 8.17 Å². The first-order valence-corrected chi connectivity index (χ1v) is 8.96. The zero-order chi connectivity index (χ0) is 16.7. The molecule has 0 saturated heterocycles. The summed E-state index contributed by atoms with van der Waals surface area (Å²) < 4.78 is 2.58. The second-order valence-electron chi connectivity index (χ2n) is 7.32. The van der Waals surface area contributed by atoms with Crippen LogP contribution in [0.4, 0.5) is 0 Å². The molecule has 4 rings (SSSR count). The number of halogens is 1. The summed E-state index contributed by atoms with van der Waals surface area (Å²) in [6.45, 7) is 7.65. The normalized spacial score (nSPS) is 14.4. The number of likely N-dealkylation sites (N-methyl/N-ethyl adjacent to an activating group) is 1. The first-order chi connectivity index (χ1) is 11.6. The molecule has 2 nitrogen and oxygen atoms in total. The van der Waals surface area contributed by atoms with E-state index in [1.54, 1.807) is 11.3 Å². The largest absolute Gasteiger partial charge is 0.344 e. The molecule has 1 aromatic heterocycles. The van der Waals surface area contributed by atoms with Crippen molar-refractivity contribution in [1.29, 1.82) is 0 Å². The van der Waals surface area contributed by atoms with Crippen molar-refractivity contribution >= 4 is 23.3 Å². The Morgan fingerprint density at radius 2 is 1.68 bits per heavy atom. The molecule has 0 saturated carbocycles. The van der Waals surface area contributed by atoms with Crippen LogP contribution in [-0.2, 0) is 25.9 Å². The van der Waals surface area contributed by atoms with Crippen molar-refractivity contribution < 1.29 is 0 Å². The molecule has 25 heavy (non-hydrogen) atoms. The number of fused-ring (bicyclic) bond motifs is 3. The molecule has 0 unspecified atom stereocenters. The van der Waals surface area contributed by atoms with Gasteiger partial charge in [-0.2, -0.15) is 0 Å². The Labute approximate surface area is 156 Å². The van der Waals surface area contributed by atoms with Crippen molar-refractivity contribution in [1.82, 2.24) is 9.47 Å². The maximum Gasteiger partial charge on any atom is 0.0486 e. The van der Waals surface area contributed by atoms with E-state index in [1.807, 2.05) is 0 Å². The van der Waals surface area contributed by atoms with Gasteiger partial charge in [0, 0.05) is 42.7 Å². The Morgan fingerprint density at radius 1 is 0.960 bits per heavy atom. The quantitative estimate of drug-likeness (QED) is 0.648. The first-order valence-electron chi connectivity index (χ1n) is 8.96. The molecule has 2 heterocycles. The Balaban J connectivity index is 0.00000182. The van der Waals surface area contributed by atoms with E-state index in [0.29, 0.717) is 0 Å². The Morgan fingerprint density at radius 3 is 2.44 bits per heavy atom. The van der Waals surface area contributed by atoms with Gasteiger partial charge in [-0.1, -0.05) is 41.5 Å². The van der Waals surface area contributed by atoms with Crippen LogP contribution >= 0.6 is 12.4 Å². The minimum Gasteiger partial charge on any atom is -0.344 e. The van der Waals surface area contributed by atoms with Crippen molar-refractivity contribution in [3.05, 3.63) is 70.4 Å². The molecule has 0 atom stereocenters. The number of hydrogen-bond donors (Lipinski definition) is 0. The van der Waals surface area contributed by atoms with Crippen LogP contribution in [0.1, 0.15) is 27.9 Å². The molecule has 0 N–H and O–H groups in total. The van der Waals surface area contributed by atoms with Crippen LogP contribution in [0.2, 0.25) is 0 Å². The van der Waals surface area contributed by atoms with Gasteiger partial charge in [0.15, 0.2) is 0 Å². The summed E-state index contributed by atoms with van der Waals surface area (Å²) in [5, 5.41) is 1.46. The molecule has 3 heteroatoms. The minimum absolute atomic E-state index is 0. The van der Waals surface area contributed by atoms with Crippen molar-refractivity contribution in [3.8, 4) is 0 Å². The highest BCUT2D eigenvalue weighted by molar-refractivity contribution is 5.86. The van der Waals surface area contributed by atoms with Gasteiger partial charge in [-0.15, -0.1) is 12.4 Å². The van der Waals surface area contributed by atoms with Gasteiger partial charge in [-0.25, -0.2) is 0 Å². The van der Waals surface area contributed by atoms with Crippen molar-refractivity contribution in [2.45, 2.75) is 39.8 Å². The van der Waals surface area contributed by atoms with Crippen LogP contribution in [-0.4, -0.2) is 23.1 Å². The molecule has 0 spiro atoms. The number of aromatic nitrogens is 1.